The zero-order valence-electron chi connectivity index (χ0n) is 16.3. The number of halogens is 1. The second-order valence-corrected chi connectivity index (χ2v) is 6.99. The van der Waals surface area contributed by atoms with E-state index in [9.17, 15) is 14.0 Å². The Morgan fingerprint density at radius 2 is 1.75 bits per heavy atom. The monoisotopic (exact) mass is 384 g/mol. The molecule has 1 aliphatic heterocycles. The van der Waals surface area contributed by atoms with Crippen LogP contribution >= 0.6 is 0 Å². The largest absolute Gasteiger partial charge is 0.496 e. The first-order valence-electron chi connectivity index (χ1n) is 9.44. The van der Waals surface area contributed by atoms with Crippen molar-refractivity contribution in [3.05, 3.63) is 65.0 Å². The van der Waals surface area contributed by atoms with Gasteiger partial charge in [-0.2, -0.15) is 0 Å². The summed E-state index contributed by atoms with van der Waals surface area (Å²) in [5.74, 6) is -0.0532. The first-order chi connectivity index (χ1) is 13.5. The Kier molecular flexibility index (Phi) is 6.29. The third-order valence-corrected chi connectivity index (χ3v) is 5.07. The average molecular weight is 384 g/mol. The molecule has 2 aromatic rings. The van der Waals surface area contributed by atoms with Gasteiger partial charge in [-0.1, -0.05) is 24.3 Å². The highest BCUT2D eigenvalue weighted by atomic mass is 19.1. The molecule has 2 aromatic carbocycles. The molecule has 0 N–H and O–H groups in total. The molecule has 6 heteroatoms. The van der Waals surface area contributed by atoms with Crippen LogP contribution in [-0.2, 0) is 11.2 Å². The molecule has 148 valence electrons. The zero-order valence-corrected chi connectivity index (χ0v) is 16.3. The first kappa shape index (κ1) is 19.9. The van der Waals surface area contributed by atoms with Crippen molar-refractivity contribution in [2.24, 2.45) is 0 Å². The van der Waals surface area contributed by atoms with Gasteiger partial charge >= 0.3 is 0 Å². The molecule has 0 bridgehead atoms. The molecule has 1 heterocycles. The van der Waals surface area contributed by atoms with Crippen LogP contribution in [0.1, 0.15) is 27.9 Å². The number of amides is 2. The molecule has 3 rings (SSSR count). The Labute approximate surface area is 164 Å². The molecule has 2 amide bonds. The Hall–Kier alpha value is -2.89. The maximum absolute atomic E-state index is 13.9. The molecule has 1 saturated heterocycles. The fourth-order valence-electron chi connectivity index (χ4n) is 3.44. The van der Waals surface area contributed by atoms with Gasteiger partial charge in [0.25, 0.3) is 5.91 Å². The molecule has 1 fully saturated rings. The zero-order chi connectivity index (χ0) is 20.1. The van der Waals surface area contributed by atoms with E-state index in [4.69, 9.17) is 4.74 Å². The van der Waals surface area contributed by atoms with Crippen molar-refractivity contribution in [3.8, 4) is 5.75 Å². The molecule has 0 aliphatic carbocycles. The molecule has 5 nitrogen and oxygen atoms in total. The number of hydrogen-bond donors (Lipinski definition) is 0. The number of ether oxygens (including phenoxy) is 1. The van der Waals surface area contributed by atoms with E-state index in [1.54, 1.807) is 29.0 Å². The summed E-state index contributed by atoms with van der Waals surface area (Å²) >= 11 is 0. The van der Waals surface area contributed by atoms with Crippen LogP contribution in [0.5, 0.6) is 5.75 Å². The van der Waals surface area contributed by atoms with Gasteiger partial charge in [-0.25, -0.2) is 4.39 Å². The quantitative estimate of drug-likeness (QED) is 0.814. The van der Waals surface area contributed by atoms with Gasteiger partial charge < -0.3 is 14.5 Å². The van der Waals surface area contributed by atoms with Gasteiger partial charge in [-0.15, -0.1) is 0 Å². The van der Waals surface area contributed by atoms with E-state index in [1.807, 2.05) is 25.1 Å². The summed E-state index contributed by atoms with van der Waals surface area (Å²) in [5.41, 5.74) is 2.00. The number of hydrogen-bond acceptors (Lipinski definition) is 3. The fourth-order valence-corrected chi connectivity index (χ4v) is 3.44. The van der Waals surface area contributed by atoms with Gasteiger partial charge in [0.05, 0.1) is 19.1 Å². The number of carbonyl (C=O) groups is 2. The number of rotatable bonds is 4. The van der Waals surface area contributed by atoms with Crippen molar-refractivity contribution < 1.29 is 18.7 Å². The van der Waals surface area contributed by atoms with Crippen LogP contribution in [0, 0.1) is 12.7 Å². The minimum Gasteiger partial charge on any atom is -0.496 e. The lowest BCUT2D eigenvalue weighted by Gasteiger charge is -2.22. The van der Waals surface area contributed by atoms with Crippen LogP contribution in [0.3, 0.4) is 0 Å². The highest BCUT2D eigenvalue weighted by molar-refractivity contribution is 5.94. The van der Waals surface area contributed by atoms with Crippen LogP contribution in [0.2, 0.25) is 0 Å². The number of methoxy groups -OCH3 is 1. The lowest BCUT2D eigenvalue weighted by molar-refractivity contribution is -0.130. The second-order valence-electron chi connectivity index (χ2n) is 6.99. The summed E-state index contributed by atoms with van der Waals surface area (Å²) in [5, 5.41) is 0. The number of benzene rings is 2. The SMILES string of the molecule is COc1cc(CC(=O)N2CCCN(C(=O)c3ccccc3F)CC2)ccc1C. The Morgan fingerprint density at radius 3 is 2.50 bits per heavy atom. The minimum atomic E-state index is -0.516. The lowest BCUT2D eigenvalue weighted by Crippen LogP contribution is -2.38. The fraction of sp³-hybridized carbons (Fsp3) is 0.364. The van der Waals surface area contributed by atoms with Crippen molar-refractivity contribution >= 4 is 11.8 Å². The van der Waals surface area contributed by atoms with Crippen molar-refractivity contribution in [3.63, 3.8) is 0 Å². The van der Waals surface area contributed by atoms with Gasteiger partial charge in [0.15, 0.2) is 0 Å². The normalized spacial score (nSPS) is 14.5. The summed E-state index contributed by atoms with van der Waals surface area (Å²) in [6.45, 7) is 3.90. The smallest absolute Gasteiger partial charge is 0.256 e. The number of nitrogens with zero attached hydrogens (tertiary/aromatic N) is 2. The average Bonchev–Trinajstić information content (AvgIpc) is 2.95. The number of carbonyl (C=O) groups excluding carboxylic acids is 2. The third-order valence-electron chi connectivity index (χ3n) is 5.07. The summed E-state index contributed by atoms with van der Waals surface area (Å²) in [6.07, 6.45) is 0.959. The Bertz CT molecular complexity index is 869. The lowest BCUT2D eigenvalue weighted by atomic mass is 10.1. The van der Waals surface area contributed by atoms with Crippen LogP contribution in [0.4, 0.5) is 4.39 Å². The van der Waals surface area contributed by atoms with Gasteiger partial charge in [0.1, 0.15) is 11.6 Å². The standard InChI is InChI=1S/C22H25FN2O3/c1-16-8-9-17(14-20(16)28-2)15-21(26)24-10-5-11-25(13-12-24)22(27)18-6-3-4-7-19(18)23/h3-4,6-9,14H,5,10-13,15H2,1-2H3. The van der Waals surface area contributed by atoms with Crippen LogP contribution < -0.4 is 4.74 Å². The van der Waals surface area contributed by atoms with Gasteiger partial charge in [-0.3, -0.25) is 9.59 Å². The van der Waals surface area contributed by atoms with Crippen molar-refractivity contribution in [2.75, 3.05) is 33.3 Å². The molecule has 0 unspecified atom stereocenters. The van der Waals surface area contributed by atoms with E-state index in [2.05, 4.69) is 0 Å². The predicted octanol–water partition coefficient (Wildman–Crippen LogP) is 3.06. The molecule has 0 saturated carbocycles. The minimum absolute atomic E-state index is 0.0195. The molecule has 0 atom stereocenters. The summed E-state index contributed by atoms with van der Waals surface area (Å²) in [6, 6.07) is 11.8. The summed E-state index contributed by atoms with van der Waals surface area (Å²) in [7, 11) is 1.61. The molecule has 0 radical (unpaired) electrons. The molecular formula is C22H25FN2O3. The first-order valence-corrected chi connectivity index (χ1v) is 9.44. The highest BCUT2D eigenvalue weighted by Crippen LogP contribution is 2.20. The molecule has 0 spiro atoms. The molecular weight excluding hydrogens is 359 g/mol. The summed E-state index contributed by atoms with van der Waals surface area (Å²) < 4.78 is 19.2. The maximum Gasteiger partial charge on any atom is 0.256 e. The van der Waals surface area contributed by atoms with E-state index >= 15 is 0 Å². The summed E-state index contributed by atoms with van der Waals surface area (Å²) in [4.78, 5) is 28.7. The van der Waals surface area contributed by atoms with E-state index < -0.39 is 5.82 Å². The number of aryl methyl sites for hydroxylation is 1. The molecule has 0 aromatic heterocycles. The van der Waals surface area contributed by atoms with Gasteiger partial charge in [0, 0.05) is 26.2 Å². The molecule has 28 heavy (non-hydrogen) atoms. The van der Waals surface area contributed by atoms with Crippen molar-refractivity contribution in [1.82, 2.24) is 9.80 Å². The van der Waals surface area contributed by atoms with Gasteiger partial charge in [0.2, 0.25) is 5.91 Å². The Balaban J connectivity index is 1.62. The second kappa shape index (κ2) is 8.87. The van der Waals surface area contributed by atoms with Gasteiger partial charge in [-0.05, 0) is 42.7 Å². The topological polar surface area (TPSA) is 49.9 Å². The van der Waals surface area contributed by atoms with Crippen LogP contribution in [0.25, 0.3) is 0 Å². The predicted molar refractivity (Wildman–Crippen MR) is 105 cm³/mol. The van der Waals surface area contributed by atoms with Crippen molar-refractivity contribution in [1.29, 1.82) is 0 Å². The maximum atomic E-state index is 13.9. The van der Waals surface area contributed by atoms with E-state index in [0.717, 1.165) is 16.9 Å². The van der Waals surface area contributed by atoms with Crippen LogP contribution in [0.15, 0.2) is 42.5 Å². The third kappa shape index (κ3) is 4.50. The van der Waals surface area contributed by atoms with Crippen LogP contribution in [-0.4, -0.2) is 54.9 Å². The van der Waals surface area contributed by atoms with E-state index in [0.29, 0.717) is 32.6 Å². The van der Waals surface area contributed by atoms with E-state index in [1.165, 1.54) is 12.1 Å². The molecule has 1 aliphatic rings. The highest BCUT2D eigenvalue weighted by Gasteiger charge is 2.24. The Morgan fingerprint density at radius 1 is 1.04 bits per heavy atom. The van der Waals surface area contributed by atoms with E-state index in [-0.39, 0.29) is 23.8 Å². The van der Waals surface area contributed by atoms with Crippen molar-refractivity contribution in [2.45, 2.75) is 19.8 Å².